The summed E-state index contributed by atoms with van der Waals surface area (Å²) in [6, 6.07) is 14.8. The lowest BCUT2D eigenvalue weighted by molar-refractivity contribution is 0.0602. The summed E-state index contributed by atoms with van der Waals surface area (Å²) in [4.78, 5) is 11.7. The number of ether oxygens (including phenoxy) is 2. The second-order valence-electron chi connectivity index (χ2n) is 4.62. The summed E-state index contributed by atoms with van der Waals surface area (Å²) in [5, 5.41) is 3.70. The molecule has 0 saturated carbocycles. The number of esters is 1. The maximum atomic E-state index is 11.7. The Morgan fingerprint density at radius 1 is 1.18 bits per heavy atom. The number of para-hydroxylation sites is 1. The van der Waals surface area contributed by atoms with Gasteiger partial charge < -0.3 is 14.8 Å². The molecule has 0 aliphatic heterocycles. The van der Waals surface area contributed by atoms with Crippen LogP contribution in [-0.2, 0) is 4.74 Å². The zero-order valence-electron chi connectivity index (χ0n) is 12.3. The van der Waals surface area contributed by atoms with E-state index in [9.17, 15) is 4.79 Å². The Bertz CT molecular complexity index is 617. The van der Waals surface area contributed by atoms with Crippen molar-refractivity contribution in [3.8, 4) is 5.75 Å². The summed E-state index contributed by atoms with van der Waals surface area (Å²) in [7, 11) is 1.35. The second-order valence-corrected chi connectivity index (χ2v) is 5.06. The highest BCUT2D eigenvalue weighted by atomic mass is 35.5. The van der Waals surface area contributed by atoms with Crippen LogP contribution in [0.25, 0.3) is 0 Å². The van der Waals surface area contributed by atoms with Crippen molar-refractivity contribution in [3.05, 3.63) is 59.1 Å². The molecule has 0 aromatic heterocycles. The highest BCUT2D eigenvalue weighted by molar-refractivity contribution is 6.31. The molecule has 5 heteroatoms. The quantitative estimate of drug-likeness (QED) is 0.619. The van der Waals surface area contributed by atoms with Gasteiger partial charge in [-0.25, -0.2) is 4.79 Å². The number of halogens is 1. The van der Waals surface area contributed by atoms with Crippen LogP contribution in [0.5, 0.6) is 5.75 Å². The number of hydrogen-bond donors (Lipinski definition) is 1. The van der Waals surface area contributed by atoms with Crippen LogP contribution in [0.2, 0.25) is 5.02 Å². The van der Waals surface area contributed by atoms with E-state index in [1.807, 2.05) is 30.3 Å². The largest absolute Gasteiger partial charge is 0.494 e. The van der Waals surface area contributed by atoms with Crippen molar-refractivity contribution >= 4 is 23.3 Å². The Morgan fingerprint density at radius 2 is 1.95 bits per heavy atom. The second kappa shape index (κ2) is 8.29. The van der Waals surface area contributed by atoms with Gasteiger partial charge in [-0.1, -0.05) is 29.8 Å². The van der Waals surface area contributed by atoms with Crippen molar-refractivity contribution in [2.24, 2.45) is 0 Å². The third-order valence-electron chi connectivity index (χ3n) is 3.04. The van der Waals surface area contributed by atoms with Gasteiger partial charge in [0.15, 0.2) is 0 Å². The van der Waals surface area contributed by atoms with Gasteiger partial charge in [-0.15, -0.1) is 0 Å². The first-order valence-electron chi connectivity index (χ1n) is 7.00. The Labute approximate surface area is 135 Å². The Balaban J connectivity index is 1.83. The number of rotatable bonds is 7. The zero-order valence-corrected chi connectivity index (χ0v) is 13.1. The Kier molecular flexibility index (Phi) is 6.10. The van der Waals surface area contributed by atoms with Crippen LogP contribution in [0.1, 0.15) is 16.8 Å². The van der Waals surface area contributed by atoms with Crippen LogP contribution >= 0.6 is 11.6 Å². The van der Waals surface area contributed by atoms with Crippen LogP contribution in [0.15, 0.2) is 48.5 Å². The Morgan fingerprint density at radius 3 is 2.68 bits per heavy atom. The summed E-state index contributed by atoms with van der Waals surface area (Å²) in [5.74, 6) is 0.440. The molecular formula is C17H18ClNO3. The van der Waals surface area contributed by atoms with Crippen LogP contribution < -0.4 is 10.1 Å². The van der Waals surface area contributed by atoms with Crippen molar-refractivity contribution in [2.45, 2.75) is 6.42 Å². The summed E-state index contributed by atoms with van der Waals surface area (Å²) in [6.45, 7) is 1.27. The van der Waals surface area contributed by atoms with E-state index in [1.165, 1.54) is 7.11 Å². The molecule has 0 fully saturated rings. The van der Waals surface area contributed by atoms with Gasteiger partial charge in [-0.3, -0.25) is 0 Å². The van der Waals surface area contributed by atoms with E-state index >= 15 is 0 Å². The fraction of sp³-hybridized carbons (Fsp3) is 0.235. The molecule has 0 aliphatic carbocycles. The number of methoxy groups -OCH3 is 1. The molecule has 4 nitrogen and oxygen atoms in total. The van der Waals surface area contributed by atoms with E-state index < -0.39 is 5.97 Å². The number of nitrogens with one attached hydrogen (secondary N) is 1. The molecule has 2 aromatic carbocycles. The molecule has 2 aromatic rings. The number of benzene rings is 2. The average Bonchev–Trinajstić information content (AvgIpc) is 2.56. The molecule has 22 heavy (non-hydrogen) atoms. The van der Waals surface area contributed by atoms with E-state index in [-0.39, 0.29) is 0 Å². The van der Waals surface area contributed by atoms with Gasteiger partial charge in [0.2, 0.25) is 0 Å². The molecule has 0 heterocycles. The van der Waals surface area contributed by atoms with Gasteiger partial charge in [0.1, 0.15) is 5.75 Å². The van der Waals surface area contributed by atoms with Crippen molar-refractivity contribution < 1.29 is 14.3 Å². The van der Waals surface area contributed by atoms with Crippen molar-refractivity contribution in [1.29, 1.82) is 0 Å². The maximum absolute atomic E-state index is 11.7. The molecule has 1 N–H and O–H groups in total. The van der Waals surface area contributed by atoms with E-state index in [0.717, 1.165) is 12.2 Å². The monoisotopic (exact) mass is 319 g/mol. The lowest BCUT2D eigenvalue weighted by Gasteiger charge is -2.11. The average molecular weight is 320 g/mol. The van der Waals surface area contributed by atoms with Gasteiger partial charge in [-0.2, -0.15) is 0 Å². The predicted octanol–water partition coefficient (Wildman–Crippen LogP) is 4.01. The summed E-state index contributed by atoms with van der Waals surface area (Å²) in [5.41, 5.74) is 1.13. The third kappa shape index (κ3) is 4.67. The zero-order chi connectivity index (χ0) is 15.8. The van der Waals surface area contributed by atoms with E-state index in [2.05, 4.69) is 5.32 Å². The number of hydrogen-bond acceptors (Lipinski definition) is 4. The smallest absolute Gasteiger partial charge is 0.340 e. The third-order valence-corrected chi connectivity index (χ3v) is 3.27. The fourth-order valence-electron chi connectivity index (χ4n) is 1.95. The number of anilines is 1. The summed E-state index contributed by atoms with van der Waals surface area (Å²) in [6.07, 6.45) is 0.804. The molecule has 0 atom stereocenters. The lowest BCUT2D eigenvalue weighted by Crippen LogP contribution is -2.11. The van der Waals surface area contributed by atoms with Gasteiger partial charge >= 0.3 is 5.97 Å². The maximum Gasteiger partial charge on any atom is 0.340 e. The van der Waals surface area contributed by atoms with E-state index in [1.54, 1.807) is 18.2 Å². The minimum absolute atomic E-state index is 0.412. The molecule has 0 aliphatic rings. The predicted molar refractivity (Wildman–Crippen MR) is 87.8 cm³/mol. The minimum atomic E-state index is -0.412. The molecular weight excluding hydrogens is 302 g/mol. The molecule has 2 rings (SSSR count). The van der Waals surface area contributed by atoms with Crippen LogP contribution in [0, 0.1) is 0 Å². The first kappa shape index (κ1) is 16.2. The van der Waals surface area contributed by atoms with Gasteiger partial charge in [0, 0.05) is 17.3 Å². The normalized spacial score (nSPS) is 10.1. The number of carbonyl (C=O) groups is 1. The van der Waals surface area contributed by atoms with Crippen LogP contribution in [-0.4, -0.2) is 26.2 Å². The Hall–Kier alpha value is -2.20. The van der Waals surface area contributed by atoms with Crippen LogP contribution in [0.4, 0.5) is 5.69 Å². The standard InChI is InChI=1S/C17H18ClNO3/c1-21-17(20)15-12-13(18)8-9-16(15)19-10-5-11-22-14-6-3-2-4-7-14/h2-4,6-9,12,19H,5,10-11H2,1H3. The van der Waals surface area contributed by atoms with E-state index in [0.29, 0.717) is 29.4 Å². The first-order chi connectivity index (χ1) is 10.7. The number of carbonyl (C=O) groups excluding carboxylic acids is 1. The van der Waals surface area contributed by atoms with Crippen molar-refractivity contribution in [3.63, 3.8) is 0 Å². The van der Waals surface area contributed by atoms with E-state index in [4.69, 9.17) is 21.1 Å². The molecule has 0 radical (unpaired) electrons. The minimum Gasteiger partial charge on any atom is -0.494 e. The molecule has 0 amide bonds. The highest BCUT2D eigenvalue weighted by Crippen LogP contribution is 2.21. The van der Waals surface area contributed by atoms with Gasteiger partial charge in [-0.05, 0) is 36.8 Å². The highest BCUT2D eigenvalue weighted by Gasteiger charge is 2.12. The van der Waals surface area contributed by atoms with Gasteiger partial charge in [0.25, 0.3) is 0 Å². The summed E-state index contributed by atoms with van der Waals surface area (Å²) >= 11 is 5.91. The van der Waals surface area contributed by atoms with Crippen molar-refractivity contribution in [2.75, 3.05) is 25.6 Å². The molecule has 0 spiro atoms. The lowest BCUT2D eigenvalue weighted by atomic mass is 10.1. The molecule has 0 saturated heterocycles. The molecule has 0 bridgehead atoms. The fourth-order valence-corrected chi connectivity index (χ4v) is 2.12. The van der Waals surface area contributed by atoms with Gasteiger partial charge in [0.05, 0.1) is 19.3 Å². The SMILES string of the molecule is COC(=O)c1cc(Cl)ccc1NCCCOc1ccccc1. The molecule has 116 valence electrons. The first-order valence-corrected chi connectivity index (χ1v) is 7.38. The summed E-state index contributed by atoms with van der Waals surface area (Å²) < 4.78 is 10.4. The van der Waals surface area contributed by atoms with Crippen molar-refractivity contribution in [1.82, 2.24) is 0 Å². The topological polar surface area (TPSA) is 47.6 Å². The molecule has 0 unspecified atom stereocenters. The van der Waals surface area contributed by atoms with Crippen LogP contribution in [0.3, 0.4) is 0 Å².